The molecule has 2 aromatic rings. The highest BCUT2D eigenvalue weighted by molar-refractivity contribution is 7.18. The third kappa shape index (κ3) is 2.96. The molecule has 0 amide bonds. The molecule has 21 heavy (non-hydrogen) atoms. The van der Waals surface area contributed by atoms with Gasteiger partial charge in [0, 0.05) is 18.0 Å². The van der Waals surface area contributed by atoms with Gasteiger partial charge in [-0.15, -0.1) is 11.3 Å². The van der Waals surface area contributed by atoms with Crippen molar-refractivity contribution in [3.63, 3.8) is 0 Å². The average Bonchev–Trinajstić information content (AvgIpc) is 2.71. The minimum Gasteiger partial charge on any atom is -0.356 e. The molecule has 1 fully saturated rings. The number of anilines is 2. The number of aryl methyl sites for hydroxylation is 1. The van der Waals surface area contributed by atoms with Crippen LogP contribution in [0.3, 0.4) is 0 Å². The second-order valence-corrected chi connectivity index (χ2v) is 7.83. The Labute approximate surface area is 129 Å². The number of hydrazine groups is 1. The largest absolute Gasteiger partial charge is 0.356 e. The lowest BCUT2D eigenvalue weighted by atomic mass is 9.85. The highest BCUT2D eigenvalue weighted by Gasteiger charge is 2.25. The summed E-state index contributed by atoms with van der Waals surface area (Å²) in [5.74, 6) is 7.06. The van der Waals surface area contributed by atoms with Crippen LogP contribution in [0.2, 0.25) is 0 Å². The second-order valence-electron chi connectivity index (χ2n) is 6.60. The molecule has 2 aromatic heterocycles. The van der Waals surface area contributed by atoms with E-state index in [1.807, 2.05) is 0 Å². The Morgan fingerprint density at radius 2 is 2.10 bits per heavy atom. The summed E-state index contributed by atoms with van der Waals surface area (Å²) in [4.78, 5) is 13.8. The Bertz CT molecular complexity index is 649. The quantitative estimate of drug-likeness (QED) is 0.658. The van der Waals surface area contributed by atoms with Gasteiger partial charge in [0.25, 0.3) is 0 Å². The van der Waals surface area contributed by atoms with Crippen molar-refractivity contribution in [2.24, 2.45) is 11.3 Å². The van der Waals surface area contributed by atoms with Gasteiger partial charge in [0.15, 0.2) is 0 Å². The summed E-state index contributed by atoms with van der Waals surface area (Å²) in [7, 11) is 0. The van der Waals surface area contributed by atoms with Crippen LogP contribution in [-0.4, -0.2) is 23.1 Å². The lowest BCUT2D eigenvalue weighted by molar-refractivity contribution is 0.325. The predicted octanol–water partition coefficient (Wildman–Crippen LogP) is 3.30. The maximum atomic E-state index is 5.53. The molecule has 3 rings (SSSR count). The van der Waals surface area contributed by atoms with E-state index in [-0.39, 0.29) is 0 Å². The molecule has 114 valence electrons. The molecule has 0 unspecified atom stereocenters. The molecule has 0 aromatic carbocycles. The SMILES string of the molecule is Cc1cc2c(N3CCCC(C)(C)CC3)nc(NN)nc2s1. The lowest BCUT2D eigenvalue weighted by Gasteiger charge is -2.24. The van der Waals surface area contributed by atoms with E-state index in [0.29, 0.717) is 11.4 Å². The first-order valence-corrected chi connectivity index (χ1v) is 8.30. The van der Waals surface area contributed by atoms with Crippen molar-refractivity contribution in [1.82, 2.24) is 9.97 Å². The van der Waals surface area contributed by atoms with E-state index in [4.69, 9.17) is 5.84 Å². The van der Waals surface area contributed by atoms with Crippen LogP contribution < -0.4 is 16.2 Å². The number of hydrogen-bond donors (Lipinski definition) is 2. The summed E-state index contributed by atoms with van der Waals surface area (Å²) in [6.45, 7) is 8.91. The molecule has 0 aliphatic carbocycles. The third-order valence-corrected chi connectivity index (χ3v) is 5.21. The van der Waals surface area contributed by atoms with E-state index in [2.05, 4.69) is 47.1 Å². The minimum absolute atomic E-state index is 0.417. The zero-order chi connectivity index (χ0) is 15.0. The fourth-order valence-electron chi connectivity index (χ4n) is 2.97. The van der Waals surface area contributed by atoms with Crippen molar-refractivity contribution in [2.75, 3.05) is 23.4 Å². The van der Waals surface area contributed by atoms with Crippen molar-refractivity contribution < 1.29 is 0 Å². The Balaban J connectivity index is 2.02. The normalized spacial score (nSPS) is 18.8. The molecule has 0 atom stereocenters. The number of thiophene rings is 1. The Morgan fingerprint density at radius 1 is 1.29 bits per heavy atom. The van der Waals surface area contributed by atoms with E-state index in [1.165, 1.54) is 24.1 Å². The highest BCUT2D eigenvalue weighted by atomic mass is 32.1. The first-order chi connectivity index (χ1) is 9.98. The van der Waals surface area contributed by atoms with Crippen LogP contribution in [0.5, 0.6) is 0 Å². The number of aromatic nitrogens is 2. The van der Waals surface area contributed by atoms with Crippen molar-refractivity contribution >= 4 is 33.3 Å². The number of nitrogens with two attached hydrogens (primary N) is 1. The van der Waals surface area contributed by atoms with Gasteiger partial charge in [-0.05, 0) is 37.7 Å². The van der Waals surface area contributed by atoms with Gasteiger partial charge in [0.2, 0.25) is 5.95 Å². The monoisotopic (exact) mass is 305 g/mol. The fraction of sp³-hybridized carbons (Fsp3) is 0.600. The van der Waals surface area contributed by atoms with Crippen molar-refractivity contribution in [1.29, 1.82) is 0 Å². The van der Waals surface area contributed by atoms with Crippen LogP contribution in [0.25, 0.3) is 10.2 Å². The number of rotatable bonds is 2. The Kier molecular flexibility index (Phi) is 3.75. The number of nitrogens with zero attached hydrogens (tertiary/aromatic N) is 3. The van der Waals surface area contributed by atoms with E-state index >= 15 is 0 Å². The lowest BCUT2D eigenvalue weighted by Crippen LogP contribution is -2.26. The standard InChI is InChI=1S/C15H23N5S/c1-10-9-11-12(17-14(19-16)18-13(11)21-10)20-7-4-5-15(2,3)6-8-20/h9H,4-8,16H2,1-3H3,(H,17,18,19). The summed E-state index contributed by atoms with van der Waals surface area (Å²) >= 11 is 1.69. The van der Waals surface area contributed by atoms with Gasteiger partial charge in [-0.2, -0.15) is 4.98 Å². The van der Waals surface area contributed by atoms with Gasteiger partial charge in [-0.3, -0.25) is 5.43 Å². The first kappa shape index (κ1) is 14.5. The Morgan fingerprint density at radius 3 is 2.86 bits per heavy atom. The molecule has 1 saturated heterocycles. The molecule has 6 heteroatoms. The van der Waals surface area contributed by atoms with E-state index < -0.39 is 0 Å². The average molecular weight is 305 g/mol. The smallest absolute Gasteiger partial charge is 0.240 e. The molecule has 1 aliphatic rings. The summed E-state index contributed by atoms with van der Waals surface area (Å²) in [6, 6.07) is 2.19. The van der Waals surface area contributed by atoms with Gasteiger partial charge >= 0.3 is 0 Å². The molecular formula is C15H23N5S. The number of fused-ring (bicyclic) bond motifs is 1. The van der Waals surface area contributed by atoms with Crippen LogP contribution in [0.1, 0.15) is 38.0 Å². The van der Waals surface area contributed by atoms with Crippen LogP contribution >= 0.6 is 11.3 Å². The zero-order valence-corrected chi connectivity index (χ0v) is 13.8. The van der Waals surface area contributed by atoms with Crippen LogP contribution in [0.15, 0.2) is 6.07 Å². The second kappa shape index (κ2) is 5.42. The topological polar surface area (TPSA) is 67.1 Å². The molecule has 0 radical (unpaired) electrons. The van der Waals surface area contributed by atoms with Crippen LogP contribution in [0.4, 0.5) is 11.8 Å². The van der Waals surface area contributed by atoms with Gasteiger partial charge in [0.05, 0.1) is 5.39 Å². The van der Waals surface area contributed by atoms with E-state index in [0.717, 1.165) is 29.1 Å². The van der Waals surface area contributed by atoms with E-state index in [1.54, 1.807) is 11.3 Å². The van der Waals surface area contributed by atoms with Gasteiger partial charge in [0.1, 0.15) is 10.6 Å². The molecule has 0 spiro atoms. The molecule has 0 saturated carbocycles. The number of nitrogens with one attached hydrogen (secondary N) is 1. The number of nitrogen functional groups attached to an aromatic ring is 1. The first-order valence-electron chi connectivity index (χ1n) is 7.48. The minimum atomic E-state index is 0.417. The fourth-order valence-corrected chi connectivity index (χ4v) is 3.84. The molecule has 5 nitrogen and oxygen atoms in total. The van der Waals surface area contributed by atoms with Crippen molar-refractivity contribution in [3.8, 4) is 0 Å². The van der Waals surface area contributed by atoms with Gasteiger partial charge < -0.3 is 4.90 Å². The highest BCUT2D eigenvalue weighted by Crippen LogP contribution is 2.35. The summed E-state index contributed by atoms with van der Waals surface area (Å²) in [5.41, 5.74) is 3.01. The van der Waals surface area contributed by atoms with Crippen LogP contribution in [0, 0.1) is 12.3 Å². The summed E-state index contributed by atoms with van der Waals surface area (Å²) < 4.78 is 0. The summed E-state index contributed by atoms with van der Waals surface area (Å²) in [6.07, 6.45) is 3.66. The number of hydrogen-bond acceptors (Lipinski definition) is 6. The summed E-state index contributed by atoms with van der Waals surface area (Å²) in [5, 5.41) is 1.15. The maximum absolute atomic E-state index is 5.53. The van der Waals surface area contributed by atoms with E-state index in [9.17, 15) is 0 Å². The molecule has 1 aliphatic heterocycles. The molecular weight excluding hydrogens is 282 g/mol. The van der Waals surface area contributed by atoms with Crippen molar-refractivity contribution in [3.05, 3.63) is 10.9 Å². The maximum Gasteiger partial charge on any atom is 0.240 e. The van der Waals surface area contributed by atoms with Crippen molar-refractivity contribution in [2.45, 2.75) is 40.0 Å². The van der Waals surface area contributed by atoms with Crippen LogP contribution in [-0.2, 0) is 0 Å². The Hall–Kier alpha value is -1.40. The molecule has 0 bridgehead atoms. The van der Waals surface area contributed by atoms with Gasteiger partial charge in [-0.1, -0.05) is 13.8 Å². The van der Waals surface area contributed by atoms with Gasteiger partial charge in [-0.25, -0.2) is 10.8 Å². The molecule has 3 N–H and O–H groups in total. The third-order valence-electron chi connectivity index (χ3n) is 4.26. The zero-order valence-electron chi connectivity index (χ0n) is 12.9. The molecule has 3 heterocycles. The predicted molar refractivity (Wildman–Crippen MR) is 89.8 cm³/mol.